The van der Waals surface area contributed by atoms with Crippen molar-refractivity contribution in [3.63, 3.8) is 0 Å². The molecule has 0 aromatic heterocycles. The van der Waals surface area contributed by atoms with E-state index in [9.17, 15) is 4.79 Å². The molecule has 0 bridgehead atoms. The van der Waals surface area contributed by atoms with Gasteiger partial charge in [0.05, 0.1) is 0 Å². The Kier molecular flexibility index (Phi) is 2.08. The van der Waals surface area contributed by atoms with E-state index in [0.717, 1.165) is 0 Å². The molecule has 0 amide bonds. The van der Waals surface area contributed by atoms with Gasteiger partial charge < -0.3 is 0 Å². The number of fused-ring (bicyclic) bond motifs is 1. The van der Waals surface area contributed by atoms with Gasteiger partial charge in [-0.15, -0.1) is 0 Å². The Morgan fingerprint density at radius 1 is 0.789 bits per heavy atom. The maximum atomic E-state index is 12.1. The summed E-state index contributed by atoms with van der Waals surface area (Å²) in [5.41, 5.74) is 2.40. The van der Waals surface area contributed by atoms with Crippen LogP contribution in [0.3, 0.4) is 0 Å². The van der Waals surface area contributed by atoms with Crippen molar-refractivity contribution in [1.29, 1.82) is 0 Å². The van der Waals surface area contributed by atoms with Crippen LogP contribution in [-0.4, -0.2) is 5.78 Å². The van der Waals surface area contributed by atoms with Crippen LogP contribution in [0.5, 0.6) is 0 Å². The molecule has 92 valence electrons. The molecule has 2 aromatic rings. The molecule has 2 aromatic carbocycles. The largest absolute Gasteiger partial charge is 0.294 e. The lowest BCUT2D eigenvalue weighted by atomic mass is 9.82. The minimum atomic E-state index is -0.117. The van der Waals surface area contributed by atoms with E-state index in [1.807, 2.05) is 12.1 Å². The van der Waals surface area contributed by atoms with Crippen molar-refractivity contribution in [3.05, 3.63) is 83.9 Å². The number of rotatable bonds is 2. The summed E-state index contributed by atoms with van der Waals surface area (Å²) < 4.78 is 0. The zero-order valence-corrected chi connectivity index (χ0v) is 10.5. The van der Waals surface area contributed by atoms with Gasteiger partial charge in [0.2, 0.25) is 0 Å². The Morgan fingerprint density at radius 2 is 1.32 bits per heavy atom. The Bertz CT molecular complexity index is 615. The highest BCUT2D eigenvalue weighted by molar-refractivity contribution is 6.01. The van der Waals surface area contributed by atoms with Crippen LogP contribution in [0.4, 0.5) is 0 Å². The highest BCUT2D eigenvalue weighted by atomic mass is 16.1. The first-order valence-corrected chi connectivity index (χ1v) is 6.68. The van der Waals surface area contributed by atoms with Crippen molar-refractivity contribution >= 4 is 5.78 Å². The second-order valence-electron chi connectivity index (χ2n) is 5.37. The van der Waals surface area contributed by atoms with Crippen molar-refractivity contribution in [1.82, 2.24) is 0 Å². The summed E-state index contributed by atoms with van der Waals surface area (Å²) in [6, 6.07) is 20.9. The Morgan fingerprint density at radius 3 is 1.74 bits per heavy atom. The summed E-state index contributed by atoms with van der Waals surface area (Å²) >= 11 is 0. The highest BCUT2D eigenvalue weighted by Gasteiger charge is 2.69. The predicted octanol–water partition coefficient (Wildman–Crippen LogP) is 3.36. The molecule has 1 fully saturated rings. The highest BCUT2D eigenvalue weighted by Crippen LogP contribution is 2.67. The number of hydrogen-bond donors (Lipinski definition) is 0. The topological polar surface area (TPSA) is 17.1 Å². The first-order valence-electron chi connectivity index (χ1n) is 6.68. The zero-order chi connectivity index (χ0) is 12.9. The maximum Gasteiger partial charge on any atom is 0.160 e. The van der Waals surface area contributed by atoms with E-state index in [2.05, 4.69) is 54.6 Å². The predicted molar refractivity (Wildman–Crippen MR) is 74.8 cm³/mol. The molecule has 4 rings (SSSR count). The molecular formula is C18H14O. The number of allylic oxidation sites excluding steroid dienone is 2. The SMILES string of the molecule is O=C1C=CC2C1C2(c1ccccc1)c1ccccc1. The quantitative estimate of drug-likeness (QED) is 0.794. The van der Waals surface area contributed by atoms with Gasteiger partial charge in [-0.2, -0.15) is 0 Å². The average molecular weight is 246 g/mol. The smallest absolute Gasteiger partial charge is 0.160 e. The molecule has 2 aliphatic carbocycles. The standard InChI is InChI=1S/C18H14O/c19-16-12-11-15-17(16)18(15,13-7-3-1-4-8-13)14-9-5-2-6-10-14/h1-12,15,17H. The molecule has 2 aliphatic rings. The van der Waals surface area contributed by atoms with Crippen LogP contribution < -0.4 is 0 Å². The lowest BCUT2D eigenvalue weighted by Gasteiger charge is -2.20. The molecule has 0 radical (unpaired) electrons. The van der Waals surface area contributed by atoms with Gasteiger partial charge in [-0.1, -0.05) is 66.7 Å². The third-order valence-electron chi connectivity index (χ3n) is 4.54. The van der Waals surface area contributed by atoms with E-state index in [4.69, 9.17) is 0 Å². The fourth-order valence-corrected chi connectivity index (χ4v) is 3.72. The minimum Gasteiger partial charge on any atom is -0.294 e. The minimum absolute atomic E-state index is 0.109. The fourth-order valence-electron chi connectivity index (χ4n) is 3.72. The van der Waals surface area contributed by atoms with Gasteiger partial charge >= 0.3 is 0 Å². The number of benzene rings is 2. The first-order chi connectivity index (χ1) is 9.35. The lowest BCUT2D eigenvalue weighted by molar-refractivity contribution is -0.115. The van der Waals surface area contributed by atoms with Crippen LogP contribution in [0.1, 0.15) is 11.1 Å². The first kappa shape index (κ1) is 10.7. The second-order valence-corrected chi connectivity index (χ2v) is 5.37. The van der Waals surface area contributed by atoms with Crippen LogP contribution in [0, 0.1) is 11.8 Å². The molecule has 0 saturated heterocycles. The Hall–Kier alpha value is -2.15. The molecule has 0 spiro atoms. The number of carbonyl (C=O) groups is 1. The van der Waals surface area contributed by atoms with Gasteiger partial charge in [0, 0.05) is 17.3 Å². The molecule has 1 nitrogen and oxygen atoms in total. The summed E-state index contributed by atoms with van der Waals surface area (Å²) in [6.07, 6.45) is 3.84. The molecule has 0 N–H and O–H groups in total. The van der Waals surface area contributed by atoms with E-state index in [-0.39, 0.29) is 17.1 Å². The van der Waals surface area contributed by atoms with Gasteiger partial charge in [-0.05, 0) is 17.2 Å². The molecule has 0 heterocycles. The summed E-state index contributed by atoms with van der Waals surface area (Å²) in [5, 5.41) is 0. The summed E-state index contributed by atoms with van der Waals surface area (Å²) in [4.78, 5) is 12.1. The summed E-state index contributed by atoms with van der Waals surface area (Å²) in [5.74, 6) is 0.722. The molecule has 2 unspecified atom stereocenters. The van der Waals surface area contributed by atoms with E-state index >= 15 is 0 Å². The number of ketones is 1. The van der Waals surface area contributed by atoms with E-state index in [1.54, 1.807) is 6.08 Å². The molecule has 19 heavy (non-hydrogen) atoms. The van der Waals surface area contributed by atoms with E-state index < -0.39 is 0 Å². The summed E-state index contributed by atoms with van der Waals surface area (Å²) in [7, 11) is 0. The summed E-state index contributed by atoms with van der Waals surface area (Å²) in [6.45, 7) is 0. The van der Waals surface area contributed by atoms with Crippen molar-refractivity contribution in [2.75, 3.05) is 0 Å². The van der Waals surface area contributed by atoms with Crippen LogP contribution in [-0.2, 0) is 10.2 Å². The molecular weight excluding hydrogens is 232 g/mol. The number of hydrogen-bond acceptors (Lipinski definition) is 1. The van der Waals surface area contributed by atoms with Crippen LogP contribution in [0.25, 0.3) is 0 Å². The van der Waals surface area contributed by atoms with Crippen molar-refractivity contribution in [2.24, 2.45) is 11.8 Å². The van der Waals surface area contributed by atoms with Gasteiger partial charge in [0.25, 0.3) is 0 Å². The molecule has 2 atom stereocenters. The van der Waals surface area contributed by atoms with Crippen LogP contribution >= 0.6 is 0 Å². The fraction of sp³-hybridized carbons (Fsp3) is 0.167. The zero-order valence-electron chi connectivity index (χ0n) is 10.5. The van der Waals surface area contributed by atoms with Crippen LogP contribution in [0.15, 0.2) is 72.8 Å². The van der Waals surface area contributed by atoms with Gasteiger partial charge in [0.1, 0.15) is 0 Å². The molecule has 1 saturated carbocycles. The molecule has 1 heteroatoms. The Labute approximate surface area is 112 Å². The third kappa shape index (κ3) is 1.27. The lowest BCUT2D eigenvalue weighted by Crippen LogP contribution is -2.18. The van der Waals surface area contributed by atoms with Crippen molar-refractivity contribution in [3.8, 4) is 0 Å². The van der Waals surface area contributed by atoms with E-state index in [1.165, 1.54) is 11.1 Å². The van der Waals surface area contributed by atoms with Gasteiger partial charge in [-0.3, -0.25) is 4.79 Å². The van der Waals surface area contributed by atoms with Crippen molar-refractivity contribution < 1.29 is 4.79 Å². The van der Waals surface area contributed by atoms with Crippen LogP contribution in [0.2, 0.25) is 0 Å². The third-order valence-corrected chi connectivity index (χ3v) is 4.54. The molecule has 0 aliphatic heterocycles. The Balaban J connectivity index is 1.93. The van der Waals surface area contributed by atoms with E-state index in [0.29, 0.717) is 5.92 Å². The number of carbonyl (C=O) groups excluding carboxylic acids is 1. The van der Waals surface area contributed by atoms with Gasteiger partial charge in [0.15, 0.2) is 5.78 Å². The second kappa shape index (κ2) is 3.67. The average Bonchev–Trinajstić information content (AvgIpc) is 3.02. The maximum absolute atomic E-state index is 12.1. The monoisotopic (exact) mass is 246 g/mol. The van der Waals surface area contributed by atoms with Gasteiger partial charge in [-0.25, -0.2) is 0 Å². The normalized spacial score (nSPS) is 26.2. The van der Waals surface area contributed by atoms with Crippen molar-refractivity contribution in [2.45, 2.75) is 5.41 Å².